The molecule has 29 heavy (non-hydrogen) atoms. The van der Waals surface area contributed by atoms with E-state index in [4.69, 9.17) is 0 Å². The first-order valence-corrected chi connectivity index (χ1v) is 9.15. The molecule has 0 aliphatic carbocycles. The van der Waals surface area contributed by atoms with Crippen LogP contribution in [0.4, 0.5) is 0 Å². The van der Waals surface area contributed by atoms with Crippen LogP contribution >= 0.6 is 0 Å². The lowest BCUT2D eigenvalue weighted by molar-refractivity contribution is 0.0697. The Labute approximate surface area is 167 Å². The Hall–Kier alpha value is -3.99. The molecule has 0 aliphatic heterocycles. The quantitative estimate of drug-likeness (QED) is 0.504. The molecule has 3 aromatic carbocycles. The first-order valence-electron chi connectivity index (χ1n) is 9.15. The molecular weight excluding hydrogens is 364 g/mol. The lowest BCUT2D eigenvalue weighted by Gasteiger charge is -2.12. The van der Waals surface area contributed by atoms with Gasteiger partial charge < -0.3 is 5.11 Å². The van der Waals surface area contributed by atoms with Crippen LogP contribution in [0.25, 0.3) is 16.9 Å². The Bertz CT molecular complexity index is 1200. The minimum Gasteiger partial charge on any atom is -0.478 e. The van der Waals surface area contributed by atoms with Crippen LogP contribution in [0.5, 0.6) is 0 Å². The van der Waals surface area contributed by atoms with E-state index >= 15 is 0 Å². The molecule has 5 heteroatoms. The zero-order valence-corrected chi connectivity index (χ0v) is 15.7. The molecule has 5 nitrogen and oxygen atoms in total. The maximum Gasteiger partial charge on any atom is 0.336 e. The number of aromatic nitrogens is 2. The highest BCUT2D eigenvalue weighted by molar-refractivity contribution is 6.14. The van der Waals surface area contributed by atoms with E-state index in [1.54, 1.807) is 54.1 Å². The molecule has 0 atom stereocenters. The van der Waals surface area contributed by atoms with Crippen LogP contribution in [0.2, 0.25) is 0 Å². The predicted molar refractivity (Wildman–Crippen MR) is 111 cm³/mol. The molecule has 4 aromatic rings. The van der Waals surface area contributed by atoms with Crippen molar-refractivity contribution in [2.45, 2.75) is 6.92 Å². The van der Waals surface area contributed by atoms with Crippen LogP contribution in [0.1, 0.15) is 32.0 Å². The van der Waals surface area contributed by atoms with Gasteiger partial charge in [-0.2, -0.15) is 5.10 Å². The summed E-state index contributed by atoms with van der Waals surface area (Å²) in [5, 5.41) is 14.3. The number of carbonyl (C=O) groups excluding carboxylic acids is 1. The molecule has 0 spiro atoms. The van der Waals surface area contributed by atoms with Crippen LogP contribution in [0.15, 0.2) is 84.9 Å². The average Bonchev–Trinajstić information content (AvgIpc) is 3.11. The van der Waals surface area contributed by atoms with Crippen molar-refractivity contribution < 1.29 is 14.7 Å². The number of carboxylic acid groups (broad SMARTS) is 1. The highest BCUT2D eigenvalue weighted by Gasteiger charge is 2.27. The minimum atomic E-state index is -1.06. The highest BCUT2D eigenvalue weighted by atomic mass is 16.4. The zero-order chi connectivity index (χ0) is 20.4. The normalized spacial score (nSPS) is 10.7. The number of carbonyl (C=O) groups is 2. The predicted octanol–water partition coefficient (Wildman–Crippen LogP) is 4.78. The van der Waals surface area contributed by atoms with E-state index in [-0.39, 0.29) is 11.3 Å². The molecular formula is C24H18N2O3. The molecule has 0 radical (unpaired) electrons. The zero-order valence-electron chi connectivity index (χ0n) is 15.7. The van der Waals surface area contributed by atoms with Crippen molar-refractivity contribution in [2.75, 3.05) is 0 Å². The van der Waals surface area contributed by atoms with Crippen molar-refractivity contribution in [3.63, 3.8) is 0 Å². The van der Waals surface area contributed by atoms with Crippen molar-refractivity contribution in [3.8, 4) is 16.9 Å². The fourth-order valence-electron chi connectivity index (χ4n) is 3.41. The van der Waals surface area contributed by atoms with Crippen molar-refractivity contribution in [2.24, 2.45) is 0 Å². The van der Waals surface area contributed by atoms with Crippen LogP contribution in [0, 0.1) is 6.92 Å². The standard InChI is InChI=1S/C24H18N2O3/c1-16-21(23(27)17-10-4-2-5-11-17)22(19-14-8-9-15-20(19)24(28)29)26(25-16)18-12-6-3-7-13-18/h2-15H,1H3,(H,28,29). The average molecular weight is 382 g/mol. The molecule has 142 valence electrons. The monoisotopic (exact) mass is 382 g/mol. The Morgan fingerprint density at radius 1 is 0.828 bits per heavy atom. The second kappa shape index (κ2) is 7.56. The number of hydrogen-bond donors (Lipinski definition) is 1. The third kappa shape index (κ3) is 3.34. The summed E-state index contributed by atoms with van der Waals surface area (Å²) in [7, 11) is 0. The number of carboxylic acids is 1. The minimum absolute atomic E-state index is 0.117. The number of hydrogen-bond acceptors (Lipinski definition) is 3. The number of rotatable bonds is 5. The van der Waals surface area contributed by atoms with Gasteiger partial charge in [-0.1, -0.05) is 66.7 Å². The van der Waals surface area contributed by atoms with Crippen molar-refractivity contribution >= 4 is 11.8 Å². The molecule has 1 heterocycles. The highest BCUT2D eigenvalue weighted by Crippen LogP contribution is 2.33. The van der Waals surface area contributed by atoms with Gasteiger partial charge in [-0.3, -0.25) is 4.79 Å². The van der Waals surface area contributed by atoms with Crippen molar-refractivity contribution in [1.29, 1.82) is 0 Å². The van der Waals surface area contributed by atoms with E-state index in [0.29, 0.717) is 28.1 Å². The molecule has 0 aliphatic rings. The molecule has 0 bridgehead atoms. The molecule has 0 unspecified atom stereocenters. The van der Waals surface area contributed by atoms with E-state index < -0.39 is 5.97 Å². The molecule has 0 saturated carbocycles. The molecule has 4 rings (SSSR count). The van der Waals surface area contributed by atoms with Crippen LogP contribution in [-0.4, -0.2) is 26.6 Å². The number of ketones is 1. The number of benzene rings is 3. The summed E-state index contributed by atoms with van der Waals surface area (Å²) < 4.78 is 1.65. The molecule has 1 N–H and O–H groups in total. The van der Waals surface area contributed by atoms with Gasteiger partial charge in [0, 0.05) is 11.1 Å². The summed E-state index contributed by atoms with van der Waals surface area (Å²) in [5.41, 5.74) is 3.25. The smallest absolute Gasteiger partial charge is 0.336 e. The third-order valence-corrected chi connectivity index (χ3v) is 4.74. The van der Waals surface area contributed by atoms with Gasteiger partial charge in [0.05, 0.1) is 28.2 Å². The maximum absolute atomic E-state index is 13.4. The SMILES string of the molecule is Cc1nn(-c2ccccc2)c(-c2ccccc2C(=O)O)c1C(=O)c1ccccc1. The van der Waals surface area contributed by atoms with Gasteiger partial charge in [0.25, 0.3) is 0 Å². The number of aromatic carboxylic acids is 1. The van der Waals surface area contributed by atoms with Gasteiger partial charge in [0.1, 0.15) is 0 Å². The van der Waals surface area contributed by atoms with E-state index in [9.17, 15) is 14.7 Å². The van der Waals surface area contributed by atoms with Crippen molar-refractivity contribution in [1.82, 2.24) is 9.78 Å². The van der Waals surface area contributed by atoms with Crippen LogP contribution in [-0.2, 0) is 0 Å². The Morgan fingerprint density at radius 3 is 2.07 bits per heavy atom. The second-order valence-electron chi connectivity index (χ2n) is 6.60. The number of nitrogens with zero attached hydrogens (tertiary/aromatic N) is 2. The van der Waals surface area contributed by atoms with Gasteiger partial charge in [-0.25, -0.2) is 9.48 Å². The third-order valence-electron chi connectivity index (χ3n) is 4.74. The summed E-state index contributed by atoms with van der Waals surface area (Å²) in [5.74, 6) is -1.25. The first-order chi connectivity index (χ1) is 14.1. The molecule has 0 amide bonds. The van der Waals surface area contributed by atoms with E-state index in [0.717, 1.165) is 5.69 Å². The molecule has 0 saturated heterocycles. The lowest BCUT2D eigenvalue weighted by Crippen LogP contribution is -2.08. The molecule has 1 aromatic heterocycles. The fourth-order valence-corrected chi connectivity index (χ4v) is 3.41. The van der Waals surface area contributed by atoms with Gasteiger partial charge >= 0.3 is 5.97 Å². The van der Waals surface area contributed by atoms with E-state index in [2.05, 4.69) is 5.10 Å². The fraction of sp³-hybridized carbons (Fsp3) is 0.0417. The van der Waals surface area contributed by atoms with Gasteiger partial charge in [-0.15, -0.1) is 0 Å². The second-order valence-corrected chi connectivity index (χ2v) is 6.60. The Morgan fingerprint density at radius 2 is 1.41 bits per heavy atom. The summed E-state index contributed by atoms with van der Waals surface area (Å²) >= 11 is 0. The summed E-state index contributed by atoms with van der Waals surface area (Å²) in [6.45, 7) is 1.77. The van der Waals surface area contributed by atoms with Crippen LogP contribution < -0.4 is 0 Å². The summed E-state index contributed by atoms with van der Waals surface area (Å²) in [6.07, 6.45) is 0. The lowest BCUT2D eigenvalue weighted by atomic mass is 9.95. The molecule has 0 fully saturated rings. The summed E-state index contributed by atoms with van der Waals surface area (Å²) in [6, 6.07) is 25.0. The number of para-hydroxylation sites is 1. The number of aryl methyl sites for hydroxylation is 1. The topological polar surface area (TPSA) is 72.2 Å². The summed E-state index contributed by atoms with van der Waals surface area (Å²) in [4.78, 5) is 25.3. The van der Waals surface area contributed by atoms with Gasteiger partial charge in [0.15, 0.2) is 5.78 Å². The van der Waals surface area contributed by atoms with Gasteiger partial charge in [-0.05, 0) is 25.1 Å². The largest absolute Gasteiger partial charge is 0.478 e. The van der Waals surface area contributed by atoms with Crippen LogP contribution in [0.3, 0.4) is 0 Å². The first kappa shape index (κ1) is 18.4. The maximum atomic E-state index is 13.4. The van der Waals surface area contributed by atoms with Gasteiger partial charge in [0.2, 0.25) is 0 Å². The van der Waals surface area contributed by atoms with Crippen molar-refractivity contribution in [3.05, 3.63) is 107 Å². The Balaban J connectivity index is 2.04. The van der Waals surface area contributed by atoms with E-state index in [1.165, 1.54) is 6.07 Å². The van der Waals surface area contributed by atoms with E-state index in [1.807, 2.05) is 36.4 Å². The Kier molecular flexibility index (Phi) is 4.79.